The van der Waals surface area contributed by atoms with Crippen LogP contribution in [0, 0.1) is 0 Å². The molecule has 2 aliphatic heterocycles. The zero-order valence-corrected chi connectivity index (χ0v) is 19.1. The fourth-order valence-electron chi connectivity index (χ4n) is 2.13. The van der Waals surface area contributed by atoms with Crippen LogP contribution in [0.2, 0.25) is 0 Å². The van der Waals surface area contributed by atoms with Gasteiger partial charge in [0.25, 0.3) is 0 Å². The Bertz CT molecular complexity index is 852. The normalized spacial score (nSPS) is 25.4. The molecule has 2 aliphatic rings. The Kier molecular flexibility index (Phi) is 10.5. The van der Waals surface area contributed by atoms with Gasteiger partial charge in [-0.2, -0.15) is 0 Å². The van der Waals surface area contributed by atoms with Crippen molar-refractivity contribution >= 4 is 27.6 Å². The van der Waals surface area contributed by atoms with Gasteiger partial charge in [-0.25, -0.2) is 18.7 Å². The molecule has 34 heavy (non-hydrogen) atoms. The summed E-state index contributed by atoms with van der Waals surface area (Å²) in [5.74, 6) is -6.13. The van der Waals surface area contributed by atoms with E-state index in [2.05, 4.69) is 27.6 Å². The van der Waals surface area contributed by atoms with Gasteiger partial charge in [-0.1, -0.05) is 0 Å². The number of ether oxygens (including phenoxy) is 2. The van der Waals surface area contributed by atoms with E-state index in [1.54, 1.807) is 0 Å². The summed E-state index contributed by atoms with van der Waals surface area (Å²) >= 11 is 0. The van der Waals surface area contributed by atoms with Gasteiger partial charge in [0.05, 0.1) is 13.2 Å². The minimum atomic E-state index is -4.52. The van der Waals surface area contributed by atoms with Gasteiger partial charge in [0.1, 0.15) is 12.2 Å². The Morgan fingerprint density at radius 1 is 0.794 bits per heavy atom. The van der Waals surface area contributed by atoms with E-state index in [4.69, 9.17) is 20.0 Å². The fraction of sp³-hybridized carbons (Fsp3) is 0.571. The SMILES string of the molecule is COP(=O)(O)OC1=C(O)C(=O)OC1C(O)CO.COP(=O)(O)OC1=C(O)C(=O)OC1C(O)CO. The predicted molar refractivity (Wildman–Crippen MR) is 101 cm³/mol. The van der Waals surface area contributed by atoms with Gasteiger partial charge in [0.2, 0.25) is 23.0 Å². The molecular formula is C14H22O18P2. The summed E-state index contributed by atoms with van der Waals surface area (Å²) in [6.07, 6.45) is -6.34. The number of esters is 2. The highest BCUT2D eigenvalue weighted by Crippen LogP contribution is 2.48. The first kappa shape index (κ1) is 29.8. The summed E-state index contributed by atoms with van der Waals surface area (Å²) in [5.41, 5.74) is 0. The topological polar surface area (TPSA) is 285 Å². The number of phosphoric acid groups is 2. The van der Waals surface area contributed by atoms with E-state index in [-0.39, 0.29) is 0 Å². The molecule has 2 heterocycles. The second kappa shape index (κ2) is 11.9. The minimum absolute atomic E-state index is 0.760. The first-order valence-corrected chi connectivity index (χ1v) is 11.7. The standard InChI is InChI=1S/2C7H11O9P/c2*1-14-17(12,13)16-6-4(10)7(11)15-5(6)3(9)2-8/h2*3,5,8-10H,2H2,1H3,(H,12,13). The lowest BCUT2D eigenvalue weighted by atomic mass is 10.2. The number of rotatable bonds is 10. The summed E-state index contributed by atoms with van der Waals surface area (Å²) in [4.78, 5) is 40.0. The number of carbonyl (C=O) groups excluding carboxylic acids is 2. The fourth-order valence-corrected chi connectivity index (χ4v) is 3.16. The summed E-state index contributed by atoms with van der Waals surface area (Å²) in [6.45, 7) is -1.61. The van der Waals surface area contributed by atoms with E-state index in [0.29, 0.717) is 0 Å². The van der Waals surface area contributed by atoms with E-state index < -0.39 is 88.3 Å². The average molecular weight is 540 g/mol. The minimum Gasteiger partial charge on any atom is -0.499 e. The van der Waals surface area contributed by atoms with Gasteiger partial charge < -0.3 is 49.2 Å². The zero-order valence-electron chi connectivity index (χ0n) is 17.3. The van der Waals surface area contributed by atoms with Gasteiger partial charge in [-0.15, -0.1) is 0 Å². The number of hydrogen-bond donors (Lipinski definition) is 8. The first-order chi connectivity index (χ1) is 15.6. The largest absolute Gasteiger partial charge is 0.527 e. The van der Waals surface area contributed by atoms with Crippen molar-refractivity contribution in [3.05, 3.63) is 23.0 Å². The number of aliphatic hydroxyl groups is 6. The second-order valence-corrected chi connectivity index (χ2v) is 9.03. The van der Waals surface area contributed by atoms with Crippen molar-refractivity contribution < 1.29 is 86.7 Å². The zero-order chi connectivity index (χ0) is 26.4. The van der Waals surface area contributed by atoms with Crippen LogP contribution in [-0.4, -0.2) is 104 Å². The molecule has 0 aromatic carbocycles. The van der Waals surface area contributed by atoms with Crippen molar-refractivity contribution in [1.29, 1.82) is 0 Å². The van der Waals surface area contributed by atoms with Crippen LogP contribution in [0.15, 0.2) is 23.0 Å². The lowest BCUT2D eigenvalue weighted by Crippen LogP contribution is -2.32. The van der Waals surface area contributed by atoms with Crippen LogP contribution >= 0.6 is 15.6 Å². The van der Waals surface area contributed by atoms with Crippen molar-refractivity contribution in [3.8, 4) is 0 Å². The van der Waals surface area contributed by atoms with Gasteiger partial charge in [-0.3, -0.25) is 18.8 Å². The Morgan fingerprint density at radius 3 is 1.32 bits per heavy atom. The van der Waals surface area contributed by atoms with Gasteiger partial charge >= 0.3 is 27.6 Å². The number of aliphatic hydroxyl groups excluding tert-OH is 6. The third kappa shape index (κ3) is 7.38. The van der Waals surface area contributed by atoms with Crippen molar-refractivity contribution in [2.75, 3.05) is 27.4 Å². The molecule has 196 valence electrons. The highest BCUT2D eigenvalue weighted by molar-refractivity contribution is 7.47. The number of cyclic esters (lactones) is 2. The summed E-state index contributed by atoms with van der Waals surface area (Å²) in [7, 11) is -7.30. The van der Waals surface area contributed by atoms with Crippen LogP contribution in [0.1, 0.15) is 0 Å². The van der Waals surface area contributed by atoms with E-state index in [1.807, 2.05) is 0 Å². The maximum Gasteiger partial charge on any atom is 0.527 e. The Morgan fingerprint density at radius 2 is 1.09 bits per heavy atom. The Balaban J connectivity index is 0.000000340. The van der Waals surface area contributed by atoms with Crippen LogP contribution < -0.4 is 0 Å². The molecule has 0 saturated heterocycles. The summed E-state index contributed by atoms with van der Waals surface area (Å²) in [6, 6.07) is 0. The molecule has 6 atom stereocenters. The smallest absolute Gasteiger partial charge is 0.499 e. The maximum atomic E-state index is 11.1. The van der Waals surface area contributed by atoms with Crippen molar-refractivity contribution in [3.63, 3.8) is 0 Å². The predicted octanol–water partition coefficient (Wildman–Crippen LogP) is -2.40. The van der Waals surface area contributed by atoms with Crippen molar-refractivity contribution in [1.82, 2.24) is 0 Å². The maximum absolute atomic E-state index is 11.1. The lowest BCUT2D eigenvalue weighted by molar-refractivity contribution is -0.148. The van der Waals surface area contributed by atoms with Crippen LogP contribution in [0.5, 0.6) is 0 Å². The third-order valence-electron chi connectivity index (χ3n) is 3.80. The van der Waals surface area contributed by atoms with Gasteiger partial charge in [-0.05, 0) is 0 Å². The van der Waals surface area contributed by atoms with Crippen LogP contribution in [0.4, 0.5) is 0 Å². The molecule has 0 saturated carbocycles. The Hall–Kier alpha value is -2.24. The molecule has 0 amide bonds. The van der Waals surface area contributed by atoms with E-state index in [1.165, 1.54) is 0 Å². The summed E-state index contributed by atoms with van der Waals surface area (Å²) in [5, 5.41) is 54.4. The second-order valence-electron chi connectivity index (χ2n) is 6.06. The van der Waals surface area contributed by atoms with Crippen molar-refractivity contribution in [2.45, 2.75) is 24.4 Å². The first-order valence-electron chi connectivity index (χ1n) is 8.66. The molecule has 6 unspecified atom stereocenters. The quantitative estimate of drug-likeness (QED) is 0.106. The summed E-state index contributed by atoms with van der Waals surface area (Å²) < 4.78 is 48.0. The molecule has 0 fully saturated rings. The molecule has 0 aromatic rings. The van der Waals surface area contributed by atoms with Crippen LogP contribution in [-0.2, 0) is 46.3 Å². The monoisotopic (exact) mass is 540 g/mol. The number of phosphoric ester groups is 2. The van der Waals surface area contributed by atoms with E-state index in [9.17, 15) is 39.1 Å². The molecule has 0 bridgehead atoms. The molecule has 0 radical (unpaired) electrons. The highest BCUT2D eigenvalue weighted by atomic mass is 31.2. The number of carbonyl (C=O) groups is 2. The molecule has 0 spiro atoms. The molecule has 8 N–H and O–H groups in total. The van der Waals surface area contributed by atoms with E-state index >= 15 is 0 Å². The molecule has 20 heteroatoms. The van der Waals surface area contributed by atoms with E-state index in [0.717, 1.165) is 14.2 Å². The van der Waals surface area contributed by atoms with Gasteiger partial charge in [0, 0.05) is 14.2 Å². The average Bonchev–Trinajstić information content (AvgIpc) is 3.23. The molecular weight excluding hydrogens is 518 g/mol. The van der Waals surface area contributed by atoms with Crippen LogP contribution in [0.3, 0.4) is 0 Å². The van der Waals surface area contributed by atoms with Gasteiger partial charge in [0.15, 0.2) is 12.2 Å². The van der Waals surface area contributed by atoms with Crippen LogP contribution in [0.25, 0.3) is 0 Å². The molecule has 0 aliphatic carbocycles. The molecule has 2 rings (SSSR count). The molecule has 0 aromatic heterocycles. The third-order valence-corrected chi connectivity index (χ3v) is 5.58. The number of hydrogen-bond acceptors (Lipinski definition) is 16. The van der Waals surface area contributed by atoms with Crippen molar-refractivity contribution in [2.24, 2.45) is 0 Å². The highest BCUT2D eigenvalue weighted by Gasteiger charge is 2.45. The Labute approximate surface area is 190 Å². The lowest BCUT2D eigenvalue weighted by Gasteiger charge is -2.19. The molecule has 18 nitrogen and oxygen atoms in total.